The first-order valence-corrected chi connectivity index (χ1v) is 4.42. The number of fused-ring (bicyclic) bond motifs is 1. The molecule has 0 unspecified atom stereocenters. The molecule has 0 aliphatic carbocycles. The third-order valence-corrected chi connectivity index (χ3v) is 2.65. The van der Waals surface area contributed by atoms with Gasteiger partial charge in [0.05, 0.1) is 18.7 Å². The molecule has 1 aliphatic rings. The topological polar surface area (TPSA) is 105 Å². The fourth-order valence-corrected chi connectivity index (χ4v) is 1.82. The molecule has 2 heterocycles. The van der Waals surface area contributed by atoms with Crippen LogP contribution in [0.2, 0.25) is 0 Å². The Balaban J connectivity index is 2.44. The molecule has 4 atom stereocenters. The van der Waals surface area contributed by atoms with Crippen molar-refractivity contribution < 1.29 is 15.3 Å². The molecule has 6 nitrogen and oxygen atoms in total. The van der Waals surface area contributed by atoms with Crippen LogP contribution < -0.4 is 5.73 Å². The van der Waals surface area contributed by atoms with Crippen LogP contribution in [0.15, 0.2) is 12.4 Å². The number of nitrogens with zero attached hydrogens (tertiary/aromatic N) is 2. The van der Waals surface area contributed by atoms with Gasteiger partial charge in [-0.05, 0) is 0 Å². The van der Waals surface area contributed by atoms with Crippen molar-refractivity contribution in [3.05, 3.63) is 18.2 Å². The van der Waals surface area contributed by atoms with Crippen LogP contribution in [0.4, 0.5) is 0 Å². The first-order chi connectivity index (χ1) is 6.66. The summed E-state index contributed by atoms with van der Waals surface area (Å²) >= 11 is 0. The van der Waals surface area contributed by atoms with Crippen molar-refractivity contribution in [3.63, 3.8) is 0 Å². The van der Waals surface area contributed by atoms with Gasteiger partial charge in [0.25, 0.3) is 0 Å². The van der Waals surface area contributed by atoms with E-state index < -0.39 is 24.3 Å². The molecule has 1 aromatic rings. The SMILES string of the molecule is N[C@H]1c2nccn2[C@H](CO)[C@@H](O)[C@@H]1O. The highest BCUT2D eigenvalue weighted by Gasteiger charge is 2.39. The predicted molar refractivity (Wildman–Crippen MR) is 47.3 cm³/mol. The minimum Gasteiger partial charge on any atom is -0.394 e. The van der Waals surface area contributed by atoms with Gasteiger partial charge in [-0.15, -0.1) is 0 Å². The first kappa shape index (κ1) is 9.60. The largest absolute Gasteiger partial charge is 0.394 e. The molecule has 5 N–H and O–H groups in total. The fourth-order valence-electron chi connectivity index (χ4n) is 1.82. The van der Waals surface area contributed by atoms with Crippen LogP contribution in [0.3, 0.4) is 0 Å². The second kappa shape index (κ2) is 3.32. The summed E-state index contributed by atoms with van der Waals surface area (Å²) in [6.07, 6.45) is 1.02. The second-order valence-electron chi connectivity index (χ2n) is 3.45. The lowest BCUT2D eigenvalue weighted by atomic mass is 9.95. The van der Waals surface area contributed by atoms with Gasteiger partial charge in [-0.2, -0.15) is 0 Å². The number of hydrogen-bond donors (Lipinski definition) is 4. The lowest BCUT2D eigenvalue weighted by Crippen LogP contribution is -2.48. The zero-order valence-electron chi connectivity index (χ0n) is 7.48. The van der Waals surface area contributed by atoms with Crippen LogP contribution in [0.5, 0.6) is 0 Å². The van der Waals surface area contributed by atoms with E-state index in [9.17, 15) is 10.2 Å². The third-order valence-electron chi connectivity index (χ3n) is 2.65. The molecule has 1 aliphatic heterocycles. The van der Waals surface area contributed by atoms with E-state index in [1.165, 1.54) is 6.20 Å². The minimum absolute atomic E-state index is 0.256. The van der Waals surface area contributed by atoms with Gasteiger partial charge in [0.2, 0.25) is 0 Å². The summed E-state index contributed by atoms with van der Waals surface area (Å²) in [5.41, 5.74) is 5.67. The van der Waals surface area contributed by atoms with E-state index in [0.29, 0.717) is 5.82 Å². The molecule has 14 heavy (non-hydrogen) atoms. The monoisotopic (exact) mass is 199 g/mol. The van der Waals surface area contributed by atoms with Gasteiger partial charge in [-0.3, -0.25) is 0 Å². The van der Waals surface area contributed by atoms with E-state index in [-0.39, 0.29) is 6.61 Å². The molecular formula is C8H13N3O3. The number of aromatic nitrogens is 2. The fraction of sp³-hybridized carbons (Fsp3) is 0.625. The smallest absolute Gasteiger partial charge is 0.128 e. The molecule has 0 fully saturated rings. The zero-order valence-corrected chi connectivity index (χ0v) is 7.48. The van der Waals surface area contributed by atoms with E-state index in [1.807, 2.05) is 0 Å². The third kappa shape index (κ3) is 1.16. The minimum atomic E-state index is -1.08. The molecule has 2 rings (SSSR count). The van der Waals surface area contributed by atoms with Crippen LogP contribution in [0, 0.1) is 0 Å². The van der Waals surface area contributed by atoms with Gasteiger partial charge >= 0.3 is 0 Å². The Morgan fingerprint density at radius 1 is 1.43 bits per heavy atom. The zero-order chi connectivity index (χ0) is 10.3. The summed E-state index contributed by atoms with van der Waals surface area (Å²) in [7, 11) is 0. The number of aliphatic hydroxyl groups excluding tert-OH is 3. The lowest BCUT2D eigenvalue weighted by Gasteiger charge is -2.36. The molecule has 0 radical (unpaired) electrons. The molecule has 0 bridgehead atoms. The number of nitrogens with two attached hydrogens (primary N) is 1. The Morgan fingerprint density at radius 2 is 2.14 bits per heavy atom. The van der Waals surface area contributed by atoms with Crippen LogP contribution in [-0.4, -0.2) is 43.7 Å². The van der Waals surface area contributed by atoms with Crippen molar-refractivity contribution in [2.45, 2.75) is 24.3 Å². The van der Waals surface area contributed by atoms with E-state index in [0.717, 1.165) is 0 Å². The summed E-state index contributed by atoms with van der Waals surface area (Å²) in [6.45, 7) is -0.256. The van der Waals surface area contributed by atoms with Crippen molar-refractivity contribution >= 4 is 0 Å². The Labute approximate surface area is 80.6 Å². The maximum Gasteiger partial charge on any atom is 0.128 e. The van der Waals surface area contributed by atoms with Gasteiger partial charge in [-0.25, -0.2) is 4.98 Å². The van der Waals surface area contributed by atoms with Gasteiger partial charge in [-0.1, -0.05) is 0 Å². The number of hydrogen-bond acceptors (Lipinski definition) is 5. The average molecular weight is 199 g/mol. The summed E-state index contributed by atoms with van der Waals surface area (Å²) in [5.74, 6) is 0.488. The molecule has 0 aromatic carbocycles. The van der Waals surface area contributed by atoms with Gasteiger partial charge in [0, 0.05) is 12.4 Å². The van der Waals surface area contributed by atoms with Crippen molar-refractivity contribution in [3.8, 4) is 0 Å². The molecule has 0 spiro atoms. The average Bonchev–Trinajstić information content (AvgIpc) is 2.64. The number of aliphatic hydroxyl groups is 3. The number of rotatable bonds is 1. The van der Waals surface area contributed by atoms with Gasteiger partial charge in [0.15, 0.2) is 0 Å². The Morgan fingerprint density at radius 3 is 2.79 bits per heavy atom. The van der Waals surface area contributed by atoms with E-state index in [4.69, 9.17) is 10.8 Å². The highest BCUT2D eigenvalue weighted by Crippen LogP contribution is 2.29. The molecule has 0 saturated heterocycles. The van der Waals surface area contributed by atoms with Crippen molar-refractivity contribution in [2.75, 3.05) is 6.61 Å². The van der Waals surface area contributed by atoms with Gasteiger partial charge in [0.1, 0.15) is 18.0 Å². The second-order valence-corrected chi connectivity index (χ2v) is 3.45. The summed E-state index contributed by atoms with van der Waals surface area (Å²) in [6, 6.07) is -1.27. The van der Waals surface area contributed by atoms with E-state index in [1.54, 1.807) is 10.8 Å². The van der Waals surface area contributed by atoms with E-state index in [2.05, 4.69) is 4.98 Å². The van der Waals surface area contributed by atoms with Crippen molar-refractivity contribution in [2.24, 2.45) is 5.73 Å². The predicted octanol–water partition coefficient (Wildman–Crippen LogP) is -1.85. The lowest BCUT2D eigenvalue weighted by molar-refractivity contribution is -0.0565. The normalized spacial score (nSPS) is 36.9. The molecule has 0 saturated carbocycles. The van der Waals surface area contributed by atoms with Crippen LogP contribution in [0.1, 0.15) is 17.9 Å². The van der Waals surface area contributed by atoms with Gasteiger partial charge < -0.3 is 25.6 Å². The summed E-state index contributed by atoms with van der Waals surface area (Å²) in [4.78, 5) is 3.98. The molecule has 1 aromatic heterocycles. The Hall–Kier alpha value is -0.950. The highest BCUT2D eigenvalue weighted by molar-refractivity contribution is 5.10. The maximum absolute atomic E-state index is 9.63. The molecule has 6 heteroatoms. The number of imidazole rings is 1. The maximum atomic E-state index is 9.63. The van der Waals surface area contributed by atoms with Crippen molar-refractivity contribution in [1.82, 2.24) is 9.55 Å². The standard InChI is InChI=1S/C8H13N3O3/c9-5-7(14)6(13)4(3-12)11-2-1-10-8(5)11/h1-2,4-7,12-14H,3,9H2/t4-,5-,6-,7-/m1/s1. The highest BCUT2D eigenvalue weighted by atomic mass is 16.3. The quantitative estimate of drug-likeness (QED) is 0.425. The summed E-state index contributed by atoms with van der Waals surface area (Å²) < 4.78 is 1.60. The van der Waals surface area contributed by atoms with Crippen LogP contribution in [-0.2, 0) is 0 Å². The van der Waals surface area contributed by atoms with Crippen molar-refractivity contribution in [1.29, 1.82) is 0 Å². The Bertz CT molecular complexity index is 327. The molecule has 78 valence electrons. The Kier molecular flexibility index (Phi) is 2.28. The summed E-state index contributed by atoms with van der Waals surface area (Å²) in [5, 5.41) is 28.3. The van der Waals surface area contributed by atoms with E-state index >= 15 is 0 Å². The molecular weight excluding hydrogens is 186 g/mol. The van der Waals surface area contributed by atoms with Crippen LogP contribution in [0.25, 0.3) is 0 Å². The molecule has 0 amide bonds. The first-order valence-electron chi connectivity index (χ1n) is 4.42. The van der Waals surface area contributed by atoms with Crippen LogP contribution >= 0.6 is 0 Å².